The Labute approximate surface area is 284 Å². The van der Waals surface area contributed by atoms with Crippen molar-refractivity contribution < 1.29 is 41.0 Å². The molecule has 1 heterocycles. The first kappa shape index (κ1) is 37.4. The predicted molar refractivity (Wildman–Crippen MR) is 181 cm³/mol. The lowest BCUT2D eigenvalue weighted by Gasteiger charge is -2.22. The van der Waals surface area contributed by atoms with Crippen LogP contribution < -0.4 is 10.6 Å². The summed E-state index contributed by atoms with van der Waals surface area (Å²) in [6.07, 6.45) is -0.182. The van der Waals surface area contributed by atoms with Gasteiger partial charge in [0.2, 0.25) is 9.84 Å². The average Bonchev–Trinajstić information content (AvgIpc) is 3.40. The van der Waals surface area contributed by atoms with Crippen LogP contribution in [-0.2, 0) is 30.5 Å². The van der Waals surface area contributed by atoms with Crippen LogP contribution in [0.2, 0.25) is 0 Å². The van der Waals surface area contributed by atoms with Crippen molar-refractivity contribution >= 4 is 44.2 Å². The number of likely N-dealkylation sites (N-methyl/N-ethyl adjacent to an activating group) is 1. The molecule has 0 saturated carbocycles. The molecule has 1 amide bonds. The number of fused-ring (bicyclic) bond motifs is 1. The first-order valence-electron chi connectivity index (χ1n) is 15.6. The molecule has 0 spiro atoms. The van der Waals surface area contributed by atoms with E-state index in [1.165, 1.54) is 18.2 Å². The summed E-state index contributed by atoms with van der Waals surface area (Å²) in [7, 11) is 1.10. The molecule has 0 bridgehead atoms. The summed E-state index contributed by atoms with van der Waals surface area (Å²) in [5, 5.41) is 10.4. The highest BCUT2D eigenvalue weighted by Crippen LogP contribution is 2.31. The van der Waals surface area contributed by atoms with Crippen LogP contribution in [0.15, 0.2) is 64.4 Å². The minimum atomic E-state index is -4.44. The van der Waals surface area contributed by atoms with Crippen LogP contribution >= 0.6 is 0 Å². The summed E-state index contributed by atoms with van der Waals surface area (Å²) in [6.45, 7) is 6.62. The smallest absolute Gasteiger partial charge is 0.435 e. The molecule has 0 aliphatic carbocycles. The van der Waals surface area contributed by atoms with Crippen molar-refractivity contribution in [3.63, 3.8) is 0 Å². The molecule has 0 fully saturated rings. The molecule has 4 aromatic rings. The molecular weight excluding hydrogens is 660 g/mol. The zero-order chi connectivity index (χ0) is 35.9. The molecular formula is C34H41F2N5O7S. The van der Waals surface area contributed by atoms with Crippen molar-refractivity contribution in [1.82, 2.24) is 14.7 Å². The standard InChI is InChI=1S/C34H41F2N5O7S/c1-7-47-12-13-48-34(43)41-31-11-9-26(49(44,45)27-17-24(35)16-25(36)18-27)19-29(31)32(39-41)38-33(42)28-10-8-23(14-22(3)40(4)5)15-30(28)37-21(2)20-46-6/h8-11,15-19,21-22,37H,7,12-14,20H2,1-6H3,(H,38,39,42). The van der Waals surface area contributed by atoms with Crippen molar-refractivity contribution in [2.75, 3.05) is 58.3 Å². The predicted octanol–water partition coefficient (Wildman–Crippen LogP) is 5.36. The number of hydrogen-bond donors (Lipinski definition) is 2. The second-order valence-electron chi connectivity index (χ2n) is 11.7. The number of rotatable bonds is 15. The van der Waals surface area contributed by atoms with Crippen molar-refractivity contribution in [3.8, 4) is 0 Å². The molecule has 0 radical (unpaired) electrons. The van der Waals surface area contributed by atoms with E-state index >= 15 is 0 Å². The van der Waals surface area contributed by atoms with Gasteiger partial charge < -0.3 is 29.7 Å². The third kappa shape index (κ3) is 9.17. The van der Waals surface area contributed by atoms with Gasteiger partial charge in [-0.3, -0.25) is 4.79 Å². The Balaban J connectivity index is 1.78. The van der Waals surface area contributed by atoms with E-state index in [0.717, 1.165) is 16.7 Å². The number of nitrogens with one attached hydrogen (secondary N) is 2. The second kappa shape index (κ2) is 16.3. The number of sulfone groups is 1. The fraction of sp³-hybridized carbons (Fsp3) is 0.382. The Morgan fingerprint density at radius 1 is 0.980 bits per heavy atom. The number of amides is 1. The zero-order valence-corrected chi connectivity index (χ0v) is 29.1. The summed E-state index contributed by atoms with van der Waals surface area (Å²) < 4.78 is 71.5. The maximum absolute atomic E-state index is 14.0. The number of ether oxygens (including phenoxy) is 3. The van der Waals surface area contributed by atoms with Gasteiger partial charge in [0.1, 0.15) is 18.2 Å². The number of methoxy groups -OCH3 is 1. The monoisotopic (exact) mass is 701 g/mol. The molecule has 264 valence electrons. The van der Waals surface area contributed by atoms with Gasteiger partial charge in [-0.1, -0.05) is 6.07 Å². The highest BCUT2D eigenvalue weighted by Gasteiger charge is 2.25. The minimum absolute atomic E-state index is 0.0618. The molecule has 2 atom stereocenters. The van der Waals surface area contributed by atoms with Crippen molar-refractivity contribution in [3.05, 3.63) is 77.4 Å². The average molecular weight is 702 g/mol. The molecule has 4 rings (SSSR count). The molecule has 2 unspecified atom stereocenters. The number of carbonyl (C=O) groups excluding carboxylic acids is 2. The molecule has 1 aromatic heterocycles. The third-order valence-electron chi connectivity index (χ3n) is 7.73. The summed E-state index contributed by atoms with van der Waals surface area (Å²) >= 11 is 0. The minimum Gasteiger partial charge on any atom is -0.445 e. The summed E-state index contributed by atoms with van der Waals surface area (Å²) in [5.74, 6) is -2.88. The van der Waals surface area contributed by atoms with E-state index in [0.29, 0.717) is 37.1 Å². The van der Waals surface area contributed by atoms with Gasteiger partial charge in [0.25, 0.3) is 5.91 Å². The number of benzene rings is 3. The highest BCUT2D eigenvalue weighted by atomic mass is 32.2. The van der Waals surface area contributed by atoms with Crippen LogP contribution in [0.25, 0.3) is 10.9 Å². The maximum Gasteiger partial charge on any atom is 0.435 e. The number of nitrogens with zero attached hydrogens (tertiary/aromatic N) is 3. The lowest BCUT2D eigenvalue weighted by Crippen LogP contribution is -2.27. The van der Waals surface area contributed by atoms with Gasteiger partial charge in [-0.05, 0) is 89.3 Å². The van der Waals surface area contributed by atoms with Crippen LogP contribution in [0.5, 0.6) is 0 Å². The van der Waals surface area contributed by atoms with Gasteiger partial charge in [-0.15, -0.1) is 5.10 Å². The van der Waals surface area contributed by atoms with Crippen LogP contribution in [0.4, 0.5) is 25.1 Å². The second-order valence-corrected chi connectivity index (χ2v) is 13.7. The van der Waals surface area contributed by atoms with Gasteiger partial charge >= 0.3 is 6.09 Å². The van der Waals surface area contributed by atoms with Crippen LogP contribution in [0.3, 0.4) is 0 Å². The Kier molecular flexibility index (Phi) is 12.4. The van der Waals surface area contributed by atoms with Crippen molar-refractivity contribution in [1.29, 1.82) is 0 Å². The molecule has 49 heavy (non-hydrogen) atoms. The van der Waals surface area contributed by atoms with Gasteiger partial charge in [0.15, 0.2) is 5.82 Å². The summed E-state index contributed by atoms with van der Waals surface area (Å²) in [5.41, 5.74) is 1.88. The fourth-order valence-electron chi connectivity index (χ4n) is 5.00. The van der Waals surface area contributed by atoms with E-state index in [-0.39, 0.29) is 52.5 Å². The van der Waals surface area contributed by atoms with E-state index < -0.39 is 38.4 Å². The molecule has 15 heteroatoms. The number of aromatic nitrogens is 2. The van der Waals surface area contributed by atoms with E-state index in [4.69, 9.17) is 14.2 Å². The lowest BCUT2D eigenvalue weighted by molar-refractivity contribution is 0.0786. The van der Waals surface area contributed by atoms with E-state index in [2.05, 4.69) is 27.6 Å². The van der Waals surface area contributed by atoms with Gasteiger partial charge in [0, 0.05) is 42.9 Å². The fourth-order valence-corrected chi connectivity index (χ4v) is 6.33. The Bertz CT molecular complexity index is 1900. The summed E-state index contributed by atoms with van der Waals surface area (Å²) in [4.78, 5) is 28.1. The molecule has 3 aromatic carbocycles. The molecule has 12 nitrogen and oxygen atoms in total. The molecule has 0 saturated heterocycles. The quantitative estimate of drug-likeness (QED) is 0.156. The Morgan fingerprint density at radius 3 is 2.35 bits per heavy atom. The lowest BCUT2D eigenvalue weighted by atomic mass is 10.0. The van der Waals surface area contributed by atoms with Crippen LogP contribution in [0.1, 0.15) is 36.7 Å². The molecule has 0 aliphatic heterocycles. The summed E-state index contributed by atoms with van der Waals surface area (Å²) in [6, 6.07) is 11.1. The third-order valence-corrected chi connectivity index (χ3v) is 9.46. The largest absolute Gasteiger partial charge is 0.445 e. The first-order valence-corrected chi connectivity index (χ1v) is 17.1. The number of halogens is 2. The topological polar surface area (TPSA) is 141 Å². The van der Waals surface area contributed by atoms with Gasteiger partial charge in [-0.2, -0.15) is 4.68 Å². The number of anilines is 2. The molecule has 2 N–H and O–H groups in total. The number of carbonyl (C=O) groups is 2. The molecule has 0 aliphatic rings. The van der Waals surface area contributed by atoms with E-state index in [9.17, 15) is 26.8 Å². The van der Waals surface area contributed by atoms with E-state index in [1.807, 2.05) is 33.2 Å². The van der Waals surface area contributed by atoms with Crippen LogP contribution in [-0.4, -0.2) is 94.8 Å². The van der Waals surface area contributed by atoms with Crippen molar-refractivity contribution in [2.24, 2.45) is 0 Å². The van der Waals surface area contributed by atoms with Gasteiger partial charge in [-0.25, -0.2) is 22.0 Å². The first-order chi connectivity index (χ1) is 23.2. The highest BCUT2D eigenvalue weighted by molar-refractivity contribution is 7.91. The Morgan fingerprint density at radius 2 is 1.69 bits per heavy atom. The SMILES string of the molecule is CCOCCOC(=O)n1nc(NC(=O)c2ccc(CC(C)N(C)C)cc2NC(C)COC)c2cc(S(=O)(=O)c3cc(F)cc(F)c3)ccc21. The van der Waals surface area contributed by atoms with Crippen LogP contribution in [0, 0.1) is 11.6 Å². The van der Waals surface area contributed by atoms with Gasteiger partial charge in [0.05, 0.1) is 34.1 Å². The zero-order valence-electron chi connectivity index (χ0n) is 28.2. The Hall–Kier alpha value is -4.44. The van der Waals surface area contributed by atoms with E-state index in [1.54, 1.807) is 20.1 Å². The number of hydrogen-bond acceptors (Lipinski definition) is 10. The van der Waals surface area contributed by atoms with Crippen molar-refractivity contribution in [2.45, 2.75) is 49.1 Å². The normalized spacial score (nSPS) is 13.0. The maximum atomic E-state index is 14.0.